The molecule has 1 N–H and O–H groups in total. The van der Waals surface area contributed by atoms with Crippen LogP contribution in [0.1, 0.15) is 99.3 Å². The van der Waals surface area contributed by atoms with Crippen molar-refractivity contribution in [3.63, 3.8) is 0 Å². The van der Waals surface area contributed by atoms with Crippen molar-refractivity contribution in [3.8, 4) is 0 Å². The molecule has 2 heterocycles. The Balaban J connectivity index is 1.82. The van der Waals surface area contributed by atoms with E-state index >= 15 is 0 Å². The molecule has 0 spiro atoms. The van der Waals surface area contributed by atoms with Crippen LogP contribution in [0, 0.1) is 5.92 Å². The van der Waals surface area contributed by atoms with E-state index in [1.54, 1.807) is 24.0 Å². The van der Waals surface area contributed by atoms with Gasteiger partial charge < -0.3 is 23.9 Å². The fourth-order valence-electron chi connectivity index (χ4n) is 6.49. The molecule has 3 aliphatic rings. The molecule has 1 aliphatic carbocycles. The lowest BCUT2D eigenvalue weighted by molar-refractivity contribution is -0.151. The van der Waals surface area contributed by atoms with E-state index in [0.29, 0.717) is 32.0 Å². The van der Waals surface area contributed by atoms with Crippen LogP contribution in [0.5, 0.6) is 0 Å². The predicted octanol–water partition coefficient (Wildman–Crippen LogP) is 7.39. The molecule has 8 nitrogen and oxygen atoms in total. The summed E-state index contributed by atoms with van der Waals surface area (Å²) in [5, 5.41) is 11.8. The van der Waals surface area contributed by atoms with Crippen molar-refractivity contribution in [3.05, 3.63) is 36.5 Å². The molecular weight excluding hydrogens is 584 g/mol. The van der Waals surface area contributed by atoms with Gasteiger partial charge in [0.25, 0.3) is 0 Å². The van der Waals surface area contributed by atoms with Crippen molar-refractivity contribution in [1.29, 1.82) is 0 Å². The maximum atomic E-state index is 13.5. The van der Waals surface area contributed by atoms with Gasteiger partial charge in [0, 0.05) is 38.1 Å². The van der Waals surface area contributed by atoms with Gasteiger partial charge in [0.05, 0.1) is 12.5 Å². The van der Waals surface area contributed by atoms with Crippen molar-refractivity contribution in [1.82, 2.24) is 9.80 Å². The summed E-state index contributed by atoms with van der Waals surface area (Å²) < 4.78 is 18.9. The third-order valence-corrected chi connectivity index (χ3v) is 15.1. The number of esters is 1. The topological polar surface area (TPSA) is 88.5 Å². The molecule has 1 saturated carbocycles. The van der Waals surface area contributed by atoms with E-state index in [2.05, 4.69) is 45.3 Å². The van der Waals surface area contributed by atoms with Crippen LogP contribution in [0.2, 0.25) is 18.1 Å². The molecule has 256 valence electrons. The summed E-state index contributed by atoms with van der Waals surface area (Å²) in [7, 11) is -2.23. The Labute approximate surface area is 274 Å². The third kappa shape index (κ3) is 10.8. The Morgan fingerprint density at radius 2 is 1.71 bits per heavy atom. The zero-order chi connectivity index (χ0) is 33.4. The zero-order valence-electron chi connectivity index (χ0n) is 29.5. The average molecular weight is 647 g/mol. The molecular formula is C36H62N2O6Si. The normalized spacial score (nSPS) is 31.6. The lowest BCUT2D eigenvalue weighted by atomic mass is 9.89. The molecule has 0 aromatic carbocycles. The van der Waals surface area contributed by atoms with Crippen molar-refractivity contribution in [2.24, 2.45) is 5.92 Å². The number of aliphatic hydroxyl groups is 1. The largest absolute Gasteiger partial charge is 0.457 e. The predicted molar refractivity (Wildman–Crippen MR) is 184 cm³/mol. The highest BCUT2D eigenvalue weighted by molar-refractivity contribution is 6.74. The first-order chi connectivity index (χ1) is 21.0. The molecule has 1 unspecified atom stereocenters. The van der Waals surface area contributed by atoms with Gasteiger partial charge in [-0.05, 0) is 69.3 Å². The number of allylic oxidation sites excluding steroid dienone is 2. The van der Waals surface area contributed by atoms with Crippen LogP contribution in [0.15, 0.2) is 36.5 Å². The lowest BCUT2D eigenvalue weighted by Gasteiger charge is -2.41. The molecule has 3 rings (SSSR count). The van der Waals surface area contributed by atoms with E-state index in [4.69, 9.17) is 13.9 Å². The standard InChI is InChI=1S/C36H62N2O6Si/c1-10-15-27(2)33-28(3)18-19-31(42-34(40)38-24-22-37(23-25-38)29-16-13-11-12-14-17-29)36(7,41)21-20-30(26-32(39)43-33)44-45(8,9)35(4,5)6/h10,15,18-19,28-31,33,41H,1,11-14,16-17,20-26H2,2-9H3/b19-18+,27-15+/t28-,30+,31-,33?,36+/m0/s1. The molecule has 9 heteroatoms. The average Bonchev–Trinajstić information content (AvgIpc) is 3.25. The molecule has 0 radical (unpaired) electrons. The molecule has 2 fully saturated rings. The number of carbonyl (C=O) groups excluding carboxylic acids is 2. The lowest BCUT2D eigenvalue weighted by Crippen LogP contribution is -2.53. The second-order valence-electron chi connectivity index (χ2n) is 15.4. The smallest absolute Gasteiger partial charge is 0.410 e. The SMILES string of the molecule is C=C/C=C(\C)C1OC(=O)C[C@H](O[Si](C)(C)C(C)(C)C)CC[C@@](C)(O)[C@@H](OC(=O)N2CCN(C3CCCCCC3)CC2)/C=C/[C@@H]1C. The van der Waals surface area contributed by atoms with E-state index in [-0.39, 0.29) is 23.3 Å². The number of ether oxygens (including phenoxy) is 2. The summed E-state index contributed by atoms with van der Waals surface area (Å²) in [6.07, 6.45) is 13.5. The Kier molecular flexibility index (Phi) is 13.5. The first kappa shape index (κ1) is 37.5. The van der Waals surface area contributed by atoms with Crippen molar-refractivity contribution in [2.45, 2.75) is 147 Å². The van der Waals surface area contributed by atoms with Gasteiger partial charge in [-0.3, -0.25) is 9.69 Å². The van der Waals surface area contributed by atoms with Gasteiger partial charge in [0.1, 0.15) is 11.7 Å². The van der Waals surface area contributed by atoms with Crippen molar-refractivity contribution < 1.29 is 28.6 Å². The van der Waals surface area contributed by atoms with Gasteiger partial charge >= 0.3 is 12.1 Å². The third-order valence-electron chi connectivity index (χ3n) is 10.5. The second-order valence-corrected chi connectivity index (χ2v) is 20.1. The number of hydrogen-bond donors (Lipinski definition) is 1. The minimum Gasteiger partial charge on any atom is -0.457 e. The number of carbonyl (C=O) groups is 2. The monoisotopic (exact) mass is 646 g/mol. The van der Waals surface area contributed by atoms with Crippen LogP contribution in [0.3, 0.4) is 0 Å². The number of piperazine rings is 1. The first-order valence-corrected chi connectivity index (χ1v) is 20.2. The highest BCUT2D eigenvalue weighted by Crippen LogP contribution is 2.39. The number of hydrogen-bond acceptors (Lipinski definition) is 7. The van der Waals surface area contributed by atoms with E-state index in [1.807, 2.05) is 26.0 Å². The Bertz CT molecular complexity index is 1050. The molecule has 0 bridgehead atoms. The summed E-state index contributed by atoms with van der Waals surface area (Å²) >= 11 is 0. The van der Waals surface area contributed by atoms with Gasteiger partial charge in [0.15, 0.2) is 14.4 Å². The maximum Gasteiger partial charge on any atom is 0.410 e. The molecule has 1 saturated heterocycles. The van der Waals surface area contributed by atoms with Gasteiger partial charge in [-0.2, -0.15) is 0 Å². The summed E-state index contributed by atoms with van der Waals surface area (Å²) in [4.78, 5) is 31.2. The van der Waals surface area contributed by atoms with Crippen LogP contribution in [-0.4, -0.2) is 91.4 Å². The molecule has 0 aromatic rings. The van der Waals surface area contributed by atoms with Crippen LogP contribution in [-0.2, 0) is 18.7 Å². The zero-order valence-corrected chi connectivity index (χ0v) is 30.5. The van der Waals surface area contributed by atoms with Gasteiger partial charge in [-0.1, -0.05) is 78.2 Å². The van der Waals surface area contributed by atoms with Crippen LogP contribution in [0.4, 0.5) is 4.79 Å². The molecule has 2 aliphatic heterocycles. The van der Waals surface area contributed by atoms with Crippen LogP contribution >= 0.6 is 0 Å². The highest BCUT2D eigenvalue weighted by Gasteiger charge is 2.42. The summed E-state index contributed by atoms with van der Waals surface area (Å²) in [6.45, 7) is 23.2. The van der Waals surface area contributed by atoms with E-state index < -0.39 is 38.3 Å². The second kappa shape index (κ2) is 16.2. The number of cyclic esters (lactones) is 1. The maximum absolute atomic E-state index is 13.5. The molecule has 5 atom stereocenters. The summed E-state index contributed by atoms with van der Waals surface area (Å²) in [5.74, 6) is -0.559. The van der Waals surface area contributed by atoms with E-state index in [1.165, 1.54) is 38.5 Å². The van der Waals surface area contributed by atoms with Gasteiger partial charge in [0.2, 0.25) is 0 Å². The Morgan fingerprint density at radius 1 is 1.09 bits per heavy atom. The minimum absolute atomic E-state index is 0.0511. The van der Waals surface area contributed by atoms with Gasteiger partial charge in [-0.25, -0.2) is 4.79 Å². The molecule has 1 amide bonds. The first-order valence-electron chi connectivity index (χ1n) is 17.3. The fraction of sp³-hybridized carbons (Fsp3) is 0.778. The van der Waals surface area contributed by atoms with Crippen LogP contribution < -0.4 is 0 Å². The number of rotatable bonds is 6. The van der Waals surface area contributed by atoms with E-state index in [0.717, 1.165) is 18.7 Å². The minimum atomic E-state index is -2.23. The summed E-state index contributed by atoms with van der Waals surface area (Å²) in [6, 6.07) is 0.615. The Hall–Kier alpha value is -1.94. The fourth-order valence-corrected chi connectivity index (χ4v) is 7.88. The number of amides is 1. The number of nitrogens with zero attached hydrogens (tertiary/aromatic N) is 2. The van der Waals surface area contributed by atoms with Gasteiger partial charge in [-0.15, -0.1) is 0 Å². The highest BCUT2D eigenvalue weighted by atomic mass is 28.4. The van der Waals surface area contributed by atoms with Crippen LogP contribution in [0.25, 0.3) is 0 Å². The molecule has 45 heavy (non-hydrogen) atoms. The van der Waals surface area contributed by atoms with Crippen molar-refractivity contribution in [2.75, 3.05) is 26.2 Å². The van der Waals surface area contributed by atoms with Crippen molar-refractivity contribution >= 4 is 20.4 Å². The Morgan fingerprint density at radius 3 is 2.29 bits per heavy atom. The molecule has 0 aromatic heterocycles. The van der Waals surface area contributed by atoms with E-state index in [9.17, 15) is 14.7 Å². The quantitative estimate of drug-likeness (QED) is 0.106. The summed E-state index contributed by atoms with van der Waals surface area (Å²) in [5.41, 5.74) is -0.505.